The summed E-state index contributed by atoms with van der Waals surface area (Å²) in [7, 11) is 0. The molecular weight excluding hydrogens is 276 g/mol. The lowest BCUT2D eigenvalue weighted by Gasteiger charge is -2.08. The van der Waals surface area contributed by atoms with Gasteiger partial charge in [0, 0.05) is 19.0 Å². The van der Waals surface area contributed by atoms with E-state index in [1.54, 1.807) is 4.68 Å². The zero-order valence-corrected chi connectivity index (χ0v) is 12.0. The first-order chi connectivity index (χ1) is 9.94. The first-order valence-electron chi connectivity index (χ1n) is 6.77. The number of Topliss-reactive ketones (excluding diaryl/α,β-unsaturated/α-hetero) is 1. The number of hydrogen-bond donors (Lipinski definition) is 0. The van der Waals surface area contributed by atoms with E-state index in [4.69, 9.17) is 0 Å². The summed E-state index contributed by atoms with van der Waals surface area (Å²) in [5.74, 6) is -0.553. The summed E-state index contributed by atoms with van der Waals surface area (Å²) in [6, 6.07) is 3.12. The van der Waals surface area contributed by atoms with E-state index in [-0.39, 0.29) is 18.6 Å². The summed E-state index contributed by atoms with van der Waals surface area (Å²) in [6.07, 6.45) is 1.49. The lowest BCUT2D eigenvalue weighted by Crippen LogP contribution is -2.15. The molecule has 0 bridgehead atoms. The van der Waals surface area contributed by atoms with E-state index in [9.17, 15) is 13.6 Å². The van der Waals surface area contributed by atoms with Gasteiger partial charge in [-0.1, -0.05) is 13.8 Å². The molecule has 0 saturated heterocycles. The van der Waals surface area contributed by atoms with Crippen LogP contribution in [0.25, 0.3) is 0 Å². The fraction of sp³-hybridized carbons (Fsp3) is 0.400. The third-order valence-electron chi connectivity index (χ3n) is 2.91. The average molecular weight is 293 g/mol. The van der Waals surface area contributed by atoms with Gasteiger partial charge < -0.3 is 0 Å². The van der Waals surface area contributed by atoms with Gasteiger partial charge in [0.25, 0.3) is 0 Å². The largest absolute Gasteiger partial charge is 0.299 e. The lowest BCUT2D eigenvalue weighted by atomic mass is 10.1. The van der Waals surface area contributed by atoms with Crippen molar-refractivity contribution in [1.29, 1.82) is 0 Å². The fourth-order valence-corrected chi connectivity index (χ4v) is 2.10. The van der Waals surface area contributed by atoms with E-state index in [1.807, 2.05) is 13.8 Å². The van der Waals surface area contributed by atoms with Crippen LogP contribution in [0, 0.1) is 17.6 Å². The molecule has 0 saturated carbocycles. The van der Waals surface area contributed by atoms with Gasteiger partial charge in [-0.25, -0.2) is 18.4 Å². The monoisotopic (exact) mass is 293 g/mol. The van der Waals surface area contributed by atoms with Crippen LogP contribution in [-0.4, -0.2) is 20.5 Å². The summed E-state index contributed by atoms with van der Waals surface area (Å²) in [4.78, 5) is 16.1. The Morgan fingerprint density at radius 2 is 1.86 bits per heavy atom. The predicted molar refractivity (Wildman–Crippen MR) is 73.6 cm³/mol. The third-order valence-corrected chi connectivity index (χ3v) is 2.91. The Morgan fingerprint density at radius 1 is 1.19 bits per heavy atom. The zero-order valence-electron chi connectivity index (χ0n) is 12.0. The van der Waals surface area contributed by atoms with Crippen LogP contribution in [0.2, 0.25) is 0 Å². The first kappa shape index (κ1) is 15.3. The van der Waals surface area contributed by atoms with E-state index in [1.165, 1.54) is 18.5 Å². The minimum absolute atomic E-state index is 0.0246. The molecule has 0 unspecified atom stereocenters. The molecule has 0 N–H and O–H groups in total. The SMILES string of the molecule is CC(C)Cn1ncnc1CC(=O)Cc1cc(F)cc(F)c1. The van der Waals surface area contributed by atoms with Crippen LogP contribution in [0.1, 0.15) is 25.2 Å². The van der Waals surface area contributed by atoms with Gasteiger partial charge in [-0.3, -0.25) is 4.79 Å². The topological polar surface area (TPSA) is 47.8 Å². The Morgan fingerprint density at radius 3 is 2.48 bits per heavy atom. The summed E-state index contributed by atoms with van der Waals surface area (Å²) in [5, 5.41) is 4.08. The molecule has 0 spiro atoms. The fourth-order valence-electron chi connectivity index (χ4n) is 2.10. The molecule has 0 radical (unpaired) electrons. The van der Waals surface area contributed by atoms with Crippen LogP contribution in [0.15, 0.2) is 24.5 Å². The van der Waals surface area contributed by atoms with Gasteiger partial charge in [-0.2, -0.15) is 5.10 Å². The molecule has 1 aromatic carbocycles. The van der Waals surface area contributed by atoms with E-state index >= 15 is 0 Å². The normalized spacial score (nSPS) is 11.1. The molecular formula is C15H17F2N3O. The number of benzene rings is 1. The molecule has 1 heterocycles. The van der Waals surface area contributed by atoms with Crippen molar-refractivity contribution in [3.8, 4) is 0 Å². The number of rotatable bonds is 6. The van der Waals surface area contributed by atoms with Crippen LogP contribution < -0.4 is 0 Å². The van der Waals surface area contributed by atoms with Gasteiger partial charge in [0.15, 0.2) is 0 Å². The number of halogens is 2. The smallest absolute Gasteiger partial charge is 0.144 e. The van der Waals surface area contributed by atoms with Gasteiger partial charge in [-0.05, 0) is 23.6 Å². The molecule has 112 valence electrons. The molecule has 0 amide bonds. The van der Waals surface area contributed by atoms with E-state index in [0.29, 0.717) is 23.9 Å². The van der Waals surface area contributed by atoms with Gasteiger partial charge in [0.1, 0.15) is 29.6 Å². The van der Waals surface area contributed by atoms with Crippen LogP contribution in [0.3, 0.4) is 0 Å². The lowest BCUT2D eigenvalue weighted by molar-refractivity contribution is -0.117. The van der Waals surface area contributed by atoms with Crippen molar-refractivity contribution in [3.05, 3.63) is 47.5 Å². The van der Waals surface area contributed by atoms with Crippen LogP contribution in [0.4, 0.5) is 8.78 Å². The molecule has 1 aromatic heterocycles. The summed E-state index contributed by atoms with van der Waals surface area (Å²) in [6.45, 7) is 4.77. The second kappa shape index (κ2) is 6.56. The molecule has 0 aliphatic rings. The highest BCUT2D eigenvalue weighted by molar-refractivity contribution is 5.82. The van der Waals surface area contributed by atoms with Crippen molar-refractivity contribution in [2.45, 2.75) is 33.2 Å². The Kier molecular flexibility index (Phi) is 4.77. The van der Waals surface area contributed by atoms with Crippen molar-refractivity contribution in [2.75, 3.05) is 0 Å². The standard InChI is InChI=1S/C15H17F2N3O/c1-10(2)8-20-15(18-9-19-20)7-14(21)5-11-3-12(16)6-13(17)4-11/h3-4,6,9-10H,5,7-8H2,1-2H3. The second-order valence-corrected chi connectivity index (χ2v) is 5.42. The van der Waals surface area contributed by atoms with Crippen molar-refractivity contribution in [2.24, 2.45) is 5.92 Å². The Hall–Kier alpha value is -2.11. The van der Waals surface area contributed by atoms with Crippen molar-refractivity contribution >= 4 is 5.78 Å². The molecule has 0 aliphatic carbocycles. The van der Waals surface area contributed by atoms with E-state index < -0.39 is 11.6 Å². The number of carbonyl (C=O) groups excluding carboxylic acids is 1. The van der Waals surface area contributed by atoms with Crippen LogP contribution in [0.5, 0.6) is 0 Å². The van der Waals surface area contributed by atoms with Crippen molar-refractivity contribution in [1.82, 2.24) is 14.8 Å². The average Bonchev–Trinajstić information content (AvgIpc) is 2.73. The van der Waals surface area contributed by atoms with Crippen LogP contribution >= 0.6 is 0 Å². The van der Waals surface area contributed by atoms with E-state index in [0.717, 1.165) is 6.07 Å². The minimum Gasteiger partial charge on any atom is -0.299 e. The second-order valence-electron chi connectivity index (χ2n) is 5.42. The first-order valence-corrected chi connectivity index (χ1v) is 6.77. The highest BCUT2D eigenvalue weighted by Crippen LogP contribution is 2.10. The number of carbonyl (C=O) groups is 1. The maximum Gasteiger partial charge on any atom is 0.144 e. The molecule has 2 aromatic rings. The summed E-state index contributed by atoms with van der Waals surface area (Å²) in [5.41, 5.74) is 0.326. The van der Waals surface area contributed by atoms with Crippen molar-refractivity contribution in [3.63, 3.8) is 0 Å². The van der Waals surface area contributed by atoms with Gasteiger partial charge in [0.2, 0.25) is 0 Å². The van der Waals surface area contributed by atoms with Gasteiger partial charge in [0.05, 0.1) is 6.42 Å². The van der Waals surface area contributed by atoms with Crippen molar-refractivity contribution < 1.29 is 13.6 Å². The minimum atomic E-state index is -0.680. The zero-order chi connectivity index (χ0) is 15.4. The van der Waals surface area contributed by atoms with E-state index in [2.05, 4.69) is 10.1 Å². The Labute approximate surface area is 121 Å². The van der Waals surface area contributed by atoms with Gasteiger partial charge in [-0.15, -0.1) is 0 Å². The highest BCUT2D eigenvalue weighted by Gasteiger charge is 2.13. The van der Waals surface area contributed by atoms with Crippen LogP contribution in [-0.2, 0) is 24.2 Å². The number of aromatic nitrogens is 3. The number of ketones is 1. The predicted octanol–water partition coefficient (Wildman–Crippen LogP) is 2.57. The summed E-state index contributed by atoms with van der Waals surface area (Å²) >= 11 is 0. The quantitative estimate of drug-likeness (QED) is 0.822. The number of hydrogen-bond acceptors (Lipinski definition) is 3. The third kappa shape index (κ3) is 4.44. The molecule has 4 nitrogen and oxygen atoms in total. The molecule has 0 fully saturated rings. The Balaban J connectivity index is 2.03. The maximum absolute atomic E-state index is 13.1. The summed E-state index contributed by atoms with van der Waals surface area (Å²) < 4.78 is 27.9. The molecule has 0 aliphatic heterocycles. The molecule has 0 atom stereocenters. The van der Waals surface area contributed by atoms with Gasteiger partial charge >= 0.3 is 0 Å². The maximum atomic E-state index is 13.1. The molecule has 6 heteroatoms. The molecule has 2 rings (SSSR count). The molecule has 21 heavy (non-hydrogen) atoms. The number of nitrogens with zero attached hydrogens (tertiary/aromatic N) is 3. The highest BCUT2D eigenvalue weighted by atomic mass is 19.1. The Bertz CT molecular complexity index is 617.